The van der Waals surface area contributed by atoms with Crippen LogP contribution >= 0.6 is 12.2 Å². The lowest BCUT2D eigenvalue weighted by Crippen LogP contribution is -2.54. The van der Waals surface area contributed by atoms with E-state index in [1.807, 2.05) is 17.0 Å². The summed E-state index contributed by atoms with van der Waals surface area (Å²) < 4.78 is 0. The van der Waals surface area contributed by atoms with Crippen LogP contribution in [-0.4, -0.2) is 33.1 Å². The minimum atomic E-state index is 0.0489. The average molecular weight is 443 g/mol. The first-order valence-electron chi connectivity index (χ1n) is 12.1. The van der Waals surface area contributed by atoms with E-state index in [9.17, 15) is 9.90 Å². The molecule has 2 fully saturated rings. The maximum absolute atomic E-state index is 13.8. The van der Waals surface area contributed by atoms with Gasteiger partial charge in [-0.25, -0.2) is 0 Å². The molecule has 170 valence electrons. The van der Waals surface area contributed by atoms with E-state index in [-0.39, 0.29) is 29.3 Å². The van der Waals surface area contributed by atoms with E-state index in [0.717, 1.165) is 32.1 Å². The van der Waals surface area contributed by atoms with Crippen molar-refractivity contribution in [2.45, 2.75) is 91.1 Å². The highest BCUT2D eigenvalue weighted by Crippen LogP contribution is 2.63. The van der Waals surface area contributed by atoms with Gasteiger partial charge in [-0.05, 0) is 125 Å². The molecule has 0 bridgehead atoms. The van der Waals surface area contributed by atoms with Crippen LogP contribution in [0, 0.1) is 23.2 Å². The molecule has 0 aliphatic heterocycles. The van der Waals surface area contributed by atoms with Gasteiger partial charge in [-0.15, -0.1) is 0 Å². The van der Waals surface area contributed by atoms with Gasteiger partial charge in [-0.1, -0.05) is 13.0 Å². The standard InChI is InChI=1S/C26H38N2O2S/c1-15(2)27-25(31)28(16(3)4)24(30)23-11-10-22-21-8-6-17-14-18(29)7-9-19(17)20(21)12-13-26(22,23)5/h7,9,14-16,20-23,29H,6,8,10-13H2,1-5H3,(H,27,31)/t20?,21?,22?,23?,26-/m0/s1. The summed E-state index contributed by atoms with van der Waals surface area (Å²) in [5.41, 5.74) is 2.82. The molecule has 4 rings (SSSR count). The number of phenols is 1. The van der Waals surface area contributed by atoms with Crippen LogP contribution in [0.2, 0.25) is 0 Å². The lowest BCUT2D eigenvalue weighted by atomic mass is 9.54. The Morgan fingerprint density at radius 1 is 1.19 bits per heavy atom. The first-order chi connectivity index (χ1) is 14.6. The molecular weight excluding hydrogens is 404 g/mol. The van der Waals surface area contributed by atoms with E-state index < -0.39 is 0 Å². The van der Waals surface area contributed by atoms with Gasteiger partial charge in [0.1, 0.15) is 5.75 Å². The summed E-state index contributed by atoms with van der Waals surface area (Å²) in [5.74, 6) is 2.45. The molecule has 3 aliphatic rings. The maximum atomic E-state index is 13.8. The molecule has 2 N–H and O–H groups in total. The van der Waals surface area contributed by atoms with E-state index in [4.69, 9.17) is 12.2 Å². The number of fused-ring (bicyclic) bond motifs is 5. The molecule has 0 spiro atoms. The van der Waals surface area contributed by atoms with Gasteiger partial charge in [0.05, 0.1) is 0 Å². The molecular formula is C26H38N2O2S. The second-order valence-corrected chi connectivity index (χ2v) is 11.3. The van der Waals surface area contributed by atoms with Crippen molar-refractivity contribution in [3.63, 3.8) is 0 Å². The molecule has 1 aromatic rings. The Kier molecular flexibility index (Phi) is 6.10. The van der Waals surface area contributed by atoms with Gasteiger partial charge in [0.25, 0.3) is 0 Å². The van der Waals surface area contributed by atoms with Crippen LogP contribution in [0.4, 0.5) is 0 Å². The minimum absolute atomic E-state index is 0.0489. The number of nitrogens with zero attached hydrogens (tertiary/aromatic N) is 1. The number of carbonyl (C=O) groups excluding carboxylic acids is 1. The van der Waals surface area contributed by atoms with Gasteiger partial charge >= 0.3 is 0 Å². The Balaban J connectivity index is 1.58. The second kappa shape index (κ2) is 8.38. The molecule has 2 saturated carbocycles. The van der Waals surface area contributed by atoms with Gasteiger partial charge in [0.15, 0.2) is 5.11 Å². The van der Waals surface area contributed by atoms with Crippen LogP contribution in [0.1, 0.15) is 83.8 Å². The topological polar surface area (TPSA) is 52.6 Å². The van der Waals surface area contributed by atoms with E-state index in [1.54, 1.807) is 0 Å². The van der Waals surface area contributed by atoms with Crippen molar-refractivity contribution in [3.8, 4) is 5.75 Å². The van der Waals surface area contributed by atoms with Crippen molar-refractivity contribution >= 4 is 23.2 Å². The van der Waals surface area contributed by atoms with Gasteiger partial charge < -0.3 is 10.4 Å². The monoisotopic (exact) mass is 442 g/mol. The van der Waals surface area contributed by atoms with E-state index in [1.165, 1.54) is 17.5 Å². The number of hydrogen-bond donors (Lipinski definition) is 2. The van der Waals surface area contributed by atoms with E-state index >= 15 is 0 Å². The third-order valence-electron chi connectivity index (χ3n) is 8.39. The molecule has 4 nitrogen and oxygen atoms in total. The fraction of sp³-hybridized carbons (Fsp3) is 0.692. The zero-order valence-corrected chi connectivity index (χ0v) is 20.5. The number of hydrogen-bond acceptors (Lipinski definition) is 3. The summed E-state index contributed by atoms with van der Waals surface area (Å²) in [6.45, 7) is 10.6. The number of carbonyl (C=O) groups is 1. The Morgan fingerprint density at radius 2 is 1.94 bits per heavy atom. The van der Waals surface area contributed by atoms with Crippen molar-refractivity contribution in [2.24, 2.45) is 23.2 Å². The van der Waals surface area contributed by atoms with Crippen LogP contribution < -0.4 is 5.32 Å². The number of thiocarbonyl (C=S) groups is 1. The molecule has 0 saturated heterocycles. The molecule has 0 heterocycles. The number of aromatic hydroxyl groups is 1. The molecule has 1 amide bonds. The highest BCUT2D eigenvalue weighted by molar-refractivity contribution is 7.80. The van der Waals surface area contributed by atoms with Crippen LogP contribution in [0.15, 0.2) is 18.2 Å². The van der Waals surface area contributed by atoms with Crippen molar-refractivity contribution in [2.75, 3.05) is 0 Å². The molecule has 0 radical (unpaired) electrons. The van der Waals surface area contributed by atoms with E-state index in [0.29, 0.717) is 28.6 Å². The Morgan fingerprint density at radius 3 is 2.61 bits per heavy atom. The van der Waals surface area contributed by atoms with Crippen molar-refractivity contribution in [3.05, 3.63) is 29.3 Å². The summed E-state index contributed by atoms with van der Waals surface area (Å²) in [5, 5.41) is 13.8. The van der Waals surface area contributed by atoms with Crippen LogP contribution in [0.25, 0.3) is 0 Å². The molecule has 1 aromatic carbocycles. The van der Waals surface area contributed by atoms with Gasteiger partial charge in [0, 0.05) is 18.0 Å². The third kappa shape index (κ3) is 3.88. The summed E-state index contributed by atoms with van der Waals surface area (Å²) in [6, 6.07) is 6.23. The number of amides is 1. The Hall–Kier alpha value is -1.62. The number of phenolic OH excluding ortho intramolecular Hbond substituents is 1. The Labute approximate surface area is 192 Å². The predicted octanol–water partition coefficient (Wildman–Crippen LogP) is 5.38. The van der Waals surface area contributed by atoms with Crippen molar-refractivity contribution < 1.29 is 9.90 Å². The highest BCUT2D eigenvalue weighted by Gasteiger charge is 2.57. The van der Waals surface area contributed by atoms with Gasteiger partial charge in [-0.2, -0.15) is 0 Å². The fourth-order valence-electron chi connectivity index (χ4n) is 7.05. The molecule has 4 unspecified atom stereocenters. The van der Waals surface area contributed by atoms with E-state index in [2.05, 4.69) is 46.0 Å². The van der Waals surface area contributed by atoms with Crippen molar-refractivity contribution in [1.29, 1.82) is 0 Å². The van der Waals surface area contributed by atoms with Crippen LogP contribution in [0.3, 0.4) is 0 Å². The zero-order chi connectivity index (χ0) is 22.5. The quantitative estimate of drug-likeness (QED) is 0.617. The minimum Gasteiger partial charge on any atom is -0.508 e. The zero-order valence-electron chi connectivity index (χ0n) is 19.6. The third-order valence-corrected chi connectivity index (χ3v) is 8.71. The lowest BCUT2D eigenvalue weighted by Gasteiger charge is -2.51. The second-order valence-electron chi connectivity index (χ2n) is 10.9. The lowest BCUT2D eigenvalue weighted by molar-refractivity contribution is -0.138. The normalized spacial score (nSPS) is 31.7. The summed E-state index contributed by atoms with van der Waals surface area (Å²) >= 11 is 5.64. The summed E-state index contributed by atoms with van der Waals surface area (Å²) in [7, 11) is 0. The first-order valence-corrected chi connectivity index (χ1v) is 12.5. The van der Waals surface area contributed by atoms with Crippen molar-refractivity contribution in [1.82, 2.24) is 10.2 Å². The first kappa shape index (κ1) is 22.6. The molecule has 0 aromatic heterocycles. The average Bonchev–Trinajstić information content (AvgIpc) is 3.03. The van der Waals surface area contributed by atoms with Gasteiger partial charge in [-0.3, -0.25) is 9.69 Å². The Bertz CT molecular complexity index is 867. The number of benzene rings is 1. The molecule has 31 heavy (non-hydrogen) atoms. The molecule has 3 aliphatic carbocycles. The predicted molar refractivity (Wildman–Crippen MR) is 129 cm³/mol. The smallest absolute Gasteiger partial charge is 0.232 e. The molecule has 5 atom stereocenters. The van der Waals surface area contributed by atoms with Crippen LogP contribution in [-0.2, 0) is 11.2 Å². The fourth-order valence-corrected chi connectivity index (χ4v) is 7.58. The van der Waals surface area contributed by atoms with Crippen LogP contribution in [0.5, 0.6) is 5.75 Å². The highest BCUT2D eigenvalue weighted by atomic mass is 32.1. The molecule has 5 heteroatoms. The number of aryl methyl sites for hydroxylation is 1. The largest absolute Gasteiger partial charge is 0.508 e. The number of rotatable bonds is 3. The SMILES string of the molecule is CC(C)NC(=S)N(C(=O)C1CCC2C3CCc4cc(O)ccc4C3CC[C@]12C)C(C)C. The number of nitrogens with one attached hydrogen (secondary N) is 1. The maximum Gasteiger partial charge on any atom is 0.232 e. The summed E-state index contributed by atoms with van der Waals surface area (Å²) in [4.78, 5) is 15.7. The summed E-state index contributed by atoms with van der Waals surface area (Å²) in [6.07, 6.45) is 6.54. The van der Waals surface area contributed by atoms with Gasteiger partial charge in [0.2, 0.25) is 5.91 Å².